The number of aryl methyl sites for hydroxylation is 1. The summed E-state index contributed by atoms with van der Waals surface area (Å²) >= 11 is 0. The Labute approximate surface area is 106 Å². The SMILES string of the molecule is CCCCC(CC)CNc1ccc(C)cc1N. The first-order valence-corrected chi connectivity index (χ1v) is 6.77. The number of benzene rings is 1. The number of nitrogens with one attached hydrogen (secondary N) is 1. The molecule has 0 fully saturated rings. The van der Waals surface area contributed by atoms with Gasteiger partial charge in [-0.05, 0) is 37.0 Å². The van der Waals surface area contributed by atoms with Gasteiger partial charge in [0.15, 0.2) is 0 Å². The topological polar surface area (TPSA) is 38.0 Å². The van der Waals surface area contributed by atoms with Crippen LogP contribution < -0.4 is 11.1 Å². The van der Waals surface area contributed by atoms with Crippen molar-refractivity contribution in [3.63, 3.8) is 0 Å². The van der Waals surface area contributed by atoms with Gasteiger partial charge in [-0.1, -0.05) is 39.2 Å². The summed E-state index contributed by atoms with van der Waals surface area (Å²) in [6.07, 6.45) is 5.15. The van der Waals surface area contributed by atoms with E-state index in [1.807, 2.05) is 6.07 Å². The van der Waals surface area contributed by atoms with E-state index in [1.54, 1.807) is 0 Å². The van der Waals surface area contributed by atoms with E-state index in [1.165, 1.54) is 31.2 Å². The quantitative estimate of drug-likeness (QED) is 0.694. The van der Waals surface area contributed by atoms with Crippen molar-refractivity contribution in [2.75, 3.05) is 17.6 Å². The summed E-state index contributed by atoms with van der Waals surface area (Å²) in [5.41, 5.74) is 9.13. The largest absolute Gasteiger partial charge is 0.397 e. The molecular weight excluding hydrogens is 208 g/mol. The number of unbranched alkanes of at least 4 members (excludes halogenated alkanes) is 1. The van der Waals surface area contributed by atoms with Gasteiger partial charge in [0.1, 0.15) is 0 Å². The van der Waals surface area contributed by atoms with E-state index in [-0.39, 0.29) is 0 Å². The molecule has 0 spiro atoms. The summed E-state index contributed by atoms with van der Waals surface area (Å²) in [6.45, 7) is 7.61. The van der Waals surface area contributed by atoms with Gasteiger partial charge in [0, 0.05) is 6.54 Å². The second-order valence-electron chi connectivity index (χ2n) is 4.89. The zero-order chi connectivity index (χ0) is 12.7. The summed E-state index contributed by atoms with van der Waals surface area (Å²) in [7, 11) is 0. The van der Waals surface area contributed by atoms with E-state index in [0.717, 1.165) is 23.8 Å². The standard InChI is InChI=1S/C15H26N2/c1-4-6-7-13(5-2)11-17-15-9-8-12(3)10-14(15)16/h8-10,13,17H,4-7,11,16H2,1-3H3. The second kappa shape index (κ2) is 7.21. The van der Waals surface area contributed by atoms with Crippen molar-refractivity contribution in [1.29, 1.82) is 0 Å². The van der Waals surface area contributed by atoms with E-state index in [9.17, 15) is 0 Å². The Morgan fingerprint density at radius 1 is 1.29 bits per heavy atom. The first-order chi connectivity index (χ1) is 8.17. The van der Waals surface area contributed by atoms with Crippen LogP contribution in [0.5, 0.6) is 0 Å². The molecule has 1 aromatic rings. The highest BCUT2D eigenvalue weighted by molar-refractivity contribution is 5.66. The molecule has 96 valence electrons. The molecule has 0 aliphatic rings. The summed E-state index contributed by atoms with van der Waals surface area (Å²) in [5.74, 6) is 0.760. The molecule has 1 rings (SSSR count). The van der Waals surface area contributed by atoms with Crippen molar-refractivity contribution in [1.82, 2.24) is 0 Å². The Balaban J connectivity index is 2.47. The number of nitrogen functional groups attached to an aromatic ring is 1. The van der Waals surface area contributed by atoms with Crippen LogP contribution in [-0.4, -0.2) is 6.54 Å². The van der Waals surface area contributed by atoms with E-state index in [4.69, 9.17) is 5.73 Å². The van der Waals surface area contributed by atoms with Gasteiger partial charge in [-0.25, -0.2) is 0 Å². The average molecular weight is 234 g/mol. The molecule has 1 unspecified atom stereocenters. The van der Waals surface area contributed by atoms with Crippen LogP contribution in [0.3, 0.4) is 0 Å². The predicted molar refractivity (Wildman–Crippen MR) is 77.4 cm³/mol. The fraction of sp³-hybridized carbons (Fsp3) is 0.600. The molecule has 0 saturated heterocycles. The first kappa shape index (κ1) is 13.9. The zero-order valence-corrected chi connectivity index (χ0v) is 11.4. The third-order valence-corrected chi connectivity index (χ3v) is 3.33. The molecule has 0 aliphatic carbocycles. The summed E-state index contributed by atoms with van der Waals surface area (Å²) in [4.78, 5) is 0. The van der Waals surface area contributed by atoms with Crippen LogP contribution in [0.25, 0.3) is 0 Å². The fourth-order valence-electron chi connectivity index (χ4n) is 2.04. The van der Waals surface area contributed by atoms with Crippen LogP contribution in [0, 0.1) is 12.8 Å². The summed E-state index contributed by atoms with van der Waals surface area (Å²) in [6, 6.07) is 6.21. The van der Waals surface area contributed by atoms with Gasteiger partial charge in [-0.2, -0.15) is 0 Å². The van der Waals surface area contributed by atoms with Crippen molar-refractivity contribution < 1.29 is 0 Å². The third-order valence-electron chi connectivity index (χ3n) is 3.33. The Morgan fingerprint density at radius 2 is 2.06 bits per heavy atom. The van der Waals surface area contributed by atoms with Crippen molar-refractivity contribution in [2.24, 2.45) is 5.92 Å². The average Bonchev–Trinajstić information content (AvgIpc) is 2.31. The van der Waals surface area contributed by atoms with Crippen LogP contribution in [-0.2, 0) is 0 Å². The van der Waals surface area contributed by atoms with Crippen molar-refractivity contribution in [3.8, 4) is 0 Å². The number of hydrogen-bond acceptors (Lipinski definition) is 2. The molecule has 0 radical (unpaired) electrons. The highest BCUT2D eigenvalue weighted by Crippen LogP contribution is 2.21. The van der Waals surface area contributed by atoms with Crippen LogP contribution in [0.4, 0.5) is 11.4 Å². The monoisotopic (exact) mass is 234 g/mol. The maximum absolute atomic E-state index is 5.99. The van der Waals surface area contributed by atoms with Crippen molar-refractivity contribution in [3.05, 3.63) is 23.8 Å². The molecule has 0 aromatic heterocycles. The van der Waals surface area contributed by atoms with Gasteiger partial charge in [0.25, 0.3) is 0 Å². The zero-order valence-electron chi connectivity index (χ0n) is 11.4. The van der Waals surface area contributed by atoms with Crippen molar-refractivity contribution >= 4 is 11.4 Å². The smallest absolute Gasteiger partial charge is 0.0574 e. The molecule has 0 bridgehead atoms. The Kier molecular flexibility index (Phi) is 5.88. The Bertz CT molecular complexity index is 334. The maximum Gasteiger partial charge on any atom is 0.0574 e. The molecular formula is C15H26N2. The molecule has 17 heavy (non-hydrogen) atoms. The van der Waals surface area contributed by atoms with Gasteiger partial charge >= 0.3 is 0 Å². The van der Waals surface area contributed by atoms with Gasteiger partial charge in [0.05, 0.1) is 11.4 Å². The number of nitrogens with two attached hydrogens (primary N) is 1. The fourth-order valence-corrected chi connectivity index (χ4v) is 2.04. The predicted octanol–water partition coefficient (Wildman–Crippen LogP) is 4.21. The molecule has 1 atom stereocenters. The lowest BCUT2D eigenvalue weighted by Crippen LogP contribution is -2.14. The van der Waals surface area contributed by atoms with Gasteiger partial charge < -0.3 is 11.1 Å². The van der Waals surface area contributed by atoms with Crippen LogP contribution in [0.2, 0.25) is 0 Å². The lowest BCUT2D eigenvalue weighted by Gasteiger charge is -2.17. The van der Waals surface area contributed by atoms with E-state index < -0.39 is 0 Å². The van der Waals surface area contributed by atoms with Crippen LogP contribution >= 0.6 is 0 Å². The van der Waals surface area contributed by atoms with Gasteiger partial charge in [0.2, 0.25) is 0 Å². The van der Waals surface area contributed by atoms with Crippen LogP contribution in [0.15, 0.2) is 18.2 Å². The first-order valence-electron chi connectivity index (χ1n) is 6.77. The molecule has 0 heterocycles. The molecule has 0 aliphatic heterocycles. The highest BCUT2D eigenvalue weighted by Gasteiger charge is 2.06. The summed E-state index contributed by atoms with van der Waals surface area (Å²) in [5, 5.41) is 3.48. The van der Waals surface area contributed by atoms with E-state index in [2.05, 4.69) is 38.2 Å². The molecule has 1 aromatic carbocycles. The minimum atomic E-state index is 0.760. The lowest BCUT2D eigenvalue weighted by atomic mass is 9.99. The van der Waals surface area contributed by atoms with Gasteiger partial charge in [-0.15, -0.1) is 0 Å². The lowest BCUT2D eigenvalue weighted by molar-refractivity contribution is 0.473. The molecule has 3 N–H and O–H groups in total. The van der Waals surface area contributed by atoms with Gasteiger partial charge in [-0.3, -0.25) is 0 Å². The number of hydrogen-bond donors (Lipinski definition) is 2. The minimum absolute atomic E-state index is 0.760. The maximum atomic E-state index is 5.99. The number of anilines is 2. The molecule has 2 nitrogen and oxygen atoms in total. The Morgan fingerprint density at radius 3 is 2.65 bits per heavy atom. The normalized spacial score (nSPS) is 12.4. The minimum Gasteiger partial charge on any atom is -0.397 e. The second-order valence-corrected chi connectivity index (χ2v) is 4.89. The molecule has 0 amide bonds. The molecule has 2 heteroatoms. The van der Waals surface area contributed by atoms with E-state index in [0.29, 0.717) is 0 Å². The highest BCUT2D eigenvalue weighted by atomic mass is 14.9. The van der Waals surface area contributed by atoms with Crippen LogP contribution in [0.1, 0.15) is 45.1 Å². The number of rotatable bonds is 7. The van der Waals surface area contributed by atoms with E-state index >= 15 is 0 Å². The van der Waals surface area contributed by atoms with Crippen molar-refractivity contribution in [2.45, 2.75) is 46.5 Å². The Hall–Kier alpha value is -1.18. The molecule has 0 saturated carbocycles. The third kappa shape index (κ3) is 4.68. The summed E-state index contributed by atoms with van der Waals surface area (Å²) < 4.78 is 0.